The summed E-state index contributed by atoms with van der Waals surface area (Å²) >= 11 is 6.11. The number of nitrogens with one attached hydrogen (secondary N) is 1. The highest BCUT2D eigenvalue weighted by Crippen LogP contribution is 2.28. The van der Waals surface area contributed by atoms with Crippen LogP contribution in [0.1, 0.15) is 18.5 Å². The van der Waals surface area contributed by atoms with E-state index >= 15 is 0 Å². The smallest absolute Gasteiger partial charge is 0.243 e. The predicted molar refractivity (Wildman–Crippen MR) is 168 cm³/mol. The van der Waals surface area contributed by atoms with E-state index in [1.54, 1.807) is 30.3 Å². The summed E-state index contributed by atoms with van der Waals surface area (Å²) in [5.41, 5.74) is 2.55. The maximum atomic E-state index is 14.4. The fraction of sp³-hybridized carbons (Fsp3) is 0.281. The van der Waals surface area contributed by atoms with E-state index in [-0.39, 0.29) is 23.8 Å². The summed E-state index contributed by atoms with van der Waals surface area (Å²) in [7, 11) is -3.99. The van der Waals surface area contributed by atoms with Gasteiger partial charge in [-0.15, -0.1) is 0 Å². The molecule has 1 N–H and O–H groups in total. The number of anilines is 2. The first-order valence-electron chi connectivity index (χ1n) is 14.6. The van der Waals surface area contributed by atoms with E-state index in [0.29, 0.717) is 67.1 Å². The summed E-state index contributed by atoms with van der Waals surface area (Å²) in [4.78, 5) is 26.9. The predicted octanol–water partition coefficient (Wildman–Crippen LogP) is 4.87. The minimum absolute atomic E-state index is 0.0467. The van der Waals surface area contributed by atoms with Crippen LogP contribution in [-0.2, 0) is 21.4 Å². The Morgan fingerprint density at radius 3 is 2.29 bits per heavy atom. The van der Waals surface area contributed by atoms with Crippen molar-refractivity contribution in [1.29, 1.82) is 0 Å². The number of para-hydroxylation sites is 1. The molecule has 0 unspecified atom stereocenters. The van der Waals surface area contributed by atoms with Crippen LogP contribution >= 0.6 is 11.6 Å². The summed E-state index contributed by atoms with van der Waals surface area (Å²) < 4.78 is 55.5. The van der Waals surface area contributed by atoms with Gasteiger partial charge in [-0.3, -0.25) is 4.79 Å². The van der Waals surface area contributed by atoms with Gasteiger partial charge in [-0.2, -0.15) is 4.31 Å². The van der Waals surface area contributed by atoms with Crippen molar-refractivity contribution in [1.82, 2.24) is 19.6 Å². The molecule has 45 heavy (non-hydrogen) atoms. The fourth-order valence-electron chi connectivity index (χ4n) is 5.67. The van der Waals surface area contributed by atoms with Crippen molar-refractivity contribution in [3.8, 4) is 11.3 Å². The number of piperazine rings is 1. The Balaban J connectivity index is 1.20. The number of carbonyl (C=O) groups excluding carboxylic acids is 1. The first-order valence-corrected chi connectivity index (χ1v) is 16.4. The number of rotatable bonds is 8. The van der Waals surface area contributed by atoms with Crippen LogP contribution in [0.3, 0.4) is 0 Å². The van der Waals surface area contributed by atoms with Gasteiger partial charge in [0.25, 0.3) is 0 Å². The van der Waals surface area contributed by atoms with E-state index in [1.165, 1.54) is 22.5 Å². The topological polar surface area (TPSA) is 98.7 Å². The van der Waals surface area contributed by atoms with Crippen LogP contribution in [0.25, 0.3) is 11.3 Å². The largest absolute Gasteiger partial charge is 0.366 e. The van der Waals surface area contributed by atoms with Gasteiger partial charge in [0.1, 0.15) is 17.7 Å². The zero-order chi connectivity index (χ0) is 31.6. The quantitative estimate of drug-likeness (QED) is 0.290. The van der Waals surface area contributed by atoms with Gasteiger partial charge >= 0.3 is 0 Å². The molecule has 0 saturated carbocycles. The van der Waals surface area contributed by atoms with Gasteiger partial charge in [0.15, 0.2) is 0 Å². The van der Waals surface area contributed by atoms with Gasteiger partial charge in [0.05, 0.1) is 28.5 Å². The van der Waals surface area contributed by atoms with Gasteiger partial charge in [-0.05, 0) is 67.4 Å². The average molecular weight is 653 g/mol. The lowest BCUT2D eigenvalue weighted by Gasteiger charge is -2.36. The molecule has 13 heteroatoms. The van der Waals surface area contributed by atoms with Gasteiger partial charge < -0.3 is 15.1 Å². The Hall–Kier alpha value is -4.13. The van der Waals surface area contributed by atoms with Crippen LogP contribution in [0.4, 0.5) is 20.4 Å². The molecule has 2 aliphatic heterocycles. The minimum Gasteiger partial charge on any atom is -0.366 e. The van der Waals surface area contributed by atoms with Gasteiger partial charge in [0, 0.05) is 43.3 Å². The third-order valence-electron chi connectivity index (χ3n) is 8.03. The third-order valence-corrected chi connectivity index (χ3v) is 10.2. The van der Waals surface area contributed by atoms with E-state index in [9.17, 15) is 22.0 Å². The molecule has 3 aromatic carbocycles. The van der Waals surface area contributed by atoms with E-state index in [1.807, 2.05) is 28.0 Å². The van der Waals surface area contributed by atoms with Crippen LogP contribution in [0.2, 0.25) is 5.02 Å². The fourth-order valence-corrected chi connectivity index (χ4v) is 7.45. The second-order valence-corrected chi connectivity index (χ2v) is 13.2. The minimum atomic E-state index is -3.99. The number of sulfonamides is 1. The lowest BCUT2D eigenvalue weighted by molar-refractivity contribution is -0.124. The van der Waals surface area contributed by atoms with Crippen molar-refractivity contribution in [2.45, 2.75) is 30.3 Å². The zero-order valence-corrected chi connectivity index (χ0v) is 25.8. The molecule has 0 spiro atoms. The molecule has 1 amide bonds. The molecule has 1 atom stereocenters. The maximum Gasteiger partial charge on any atom is 0.243 e. The van der Waals surface area contributed by atoms with E-state index in [0.717, 1.165) is 17.7 Å². The van der Waals surface area contributed by atoms with Crippen molar-refractivity contribution in [2.24, 2.45) is 0 Å². The van der Waals surface area contributed by atoms with Gasteiger partial charge in [-0.1, -0.05) is 35.9 Å². The first-order chi connectivity index (χ1) is 21.7. The molecule has 3 heterocycles. The Morgan fingerprint density at radius 2 is 1.58 bits per heavy atom. The molecule has 0 radical (unpaired) electrons. The van der Waals surface area contributed by atoms with Crippen molar-refractivity contribution >= 4 is 39.2 Å². The molecule has 4 aromatic rings. The standard InChI is InChI=1S/C32H31ClF2N6O3S/c33-23-9-7-22(8-10-23)28-20-25(37-32(38-28)40-18-16-39(17-19-40)29-5-2-1-4-27(29)35)21-36-31(42)30-6-3-15-41(30)45(43,44)26-13-11-24(34)12-14-26/h1-2,4-5,7-14,20,30H,3,6,15-19,21H2,(H,36,42)/t30-/m0/s1. The molecular formula is C32H31ClF2N6O3S. The molecule has 1 aromatic heterocycles. The van der Waals surface area contributed by atoms with E-state index in [4.69, 9.17) is 21.6 Å². The summed E-state index contributed by atoms with van der Waals surface area (Å²) in [6.45, 7) is 2.49. The first kappa shape index (κ1) is 30.9. The molecule has 234 valence electrons. The molecule has 0 bridgehead atoms. The van der Waals surface area contributed by atoms with Gasteiger partial charge in [0.2, 0.25) is 21.9 Å². The Bertz CT molecular complexity index is 1790. The number of carbonyl (C=O) groups is 1. The normalized spacial score (nSPS) is 17.4. The number of benzene rings is 3. The summed E-state index contributed by atoms with van der Waals surface area (Å²) in [5.74, 6) is -0.777. The zero-order valence-electron chi connectivity index (χ0n) is 24.2. The average Bonchev–Trinajstić information content (AvgIpc) is 3.56. The lowest BCUT2D eigenvalue weighted by atomic mass is 10.1. The maximum absolute atomic E-state index is 14.4. The SMILES string of the molecule is O=C(NCc1cc(-c2ccc(Cl)cc2)nc(N2CCN(c3ccccc3F)CC2)n1)[C@@H]1CCCN1S(=O)(=O)c1ccc(F)cc1. The van der Waals surface area contributed by atoms with Crippen molar-refractivity contribution < 1.29 is 22.0 Å². The Kier molecular flexibility index (Phi) is 8.97. The van der Waals surface area contributed by atoms with Crippen LogP contribution in [0, 0.1) is 11.6 Å². The summed E-state index contributed by atoms with van der Waals surface area (Å²) in [5, 5.41) is 3.46. The number of hydrogen-bond acceptors (Lipinski definition) is 7. The van der Waals surface area contributed by atoms with Gasteiger partial charge in [-0.25, -0.2) is 27.2 Å². The number of hydrogen-bond donors (Lipinski definition) is 1. The molecule has 6 rings (SSSR count). The molecule has 2 aliphatic rings. The van der Waals surface area contributed by atoms with E-state index in [2.05, 4.69) is 5.32 Å². The molecule has 2 saturated heterocycles. The van der Waals surface area contributed by atoms with Crippen LogP contribution in [-0.4, -0.2) is 67.4 Å². The molecular weight excluding hydrogens is 622 g/mol. The molecule has 2 fully saturated rings. The van der Waals surface area contributed by atoms with Crippen LogP contribution in [0.15, 0.2) is 83.8 Å². The summed E-state index contributed by atoms with van der Waals surface area (Å²) in [6, 6.07) is 19.4. The van der Waals surface area contributed by atoms with Crippen LogP contribution < -0.4 is 15.1 Å². The van der Waals surface area contributed by atoms with Crippen LogP contribution in [0.5, 0.6) is 0 Å². The Morgan fingerprint density at radius 1 is 0.889 bits per heavy atom. The summed E-state index contributed by atoms with van der Waals surface area (Å²) in [6.07, 6.45) is 0.888. The molecule has 9 nitrogen and oxygen atoms in total. The monoisotopic (exact) mass is 652 g/mol. The van der Waals surface area contributed by atoms with Crippen molar-refractivity contribution in [2.75, 3.05) is 42.5 Å². The number of amides is 1. The van der Waals surface area contributed by atoms with Crippen molar-refractivity contribution in [3.63, 3.8) is 0 Å². The number of nitrogens with zero attached hydrogens (tertiary/aromatic N) is 5. The number of aromatic nitrogens is 2. The second kappa shape index (κ2) is 13.1. The second-order valence-electron chi connectivity index (χ2n) is 10.9. The Labute approximate surface area is 265 Å². The number of halogens is 3. The molecule has 0 aliphatic carbocycles. The van der Waals surface area contributed by atoms with E-state index < -0.39 is 27.8 Å². The highest BCUT2D eigenvalue weighted by Gasteiger charge is 2.39. The highest BCUT2D eigenvalue weighted by atomic mass is 35.5. The third kappa shape index (κ3) is 6.77. The highest BCUT2D eigenvalue weighted by molar-refractivity contribution is 7.89. The van der Waals surface area contributed by atoms with Crippen molar-refractivity contribution in [3.05, 3.63) is 101 Å². The lowest BCUT2D eigenvalue weighted by Crippen LogP contribution is -2.47.